The summed E-state index contributed by atoms with van der Waals surface area (Å²) in [6.07, 6.45) is 16.5. The van der Waals surface area contributed by atoms with E-state index in [1.807, 2.05) is 36.4 Å². The van der Waals surface area contributed by atoms with Gasteiger partial charge in [0, 0.05) is 22.0 Å². The molecule has 0 fully saturated rings. The number of unbranched alkanes of at least 4 members (excludes halogenated alkanes) is 4. The zero-order valence-corrected chi connectivity index (χ0v) is 28.2. The normalized spacial score (nSPS) is 11.6. The van der Waals surface area contributed by atoms with Crippen LogP contribution in [0, 0.1) is 5.82 Å². The molecule has 0 spiro atoms. The van der Waals surface area contributed by atoms with E-state index in [1.165, 1.54) is 100 Å². The van der Waals surface area contributed by atoms with Gasteiger partial charge in [0.25, 0.3) is 0 Å². The van der Waals surface area contributed by atoms with Gasteiger partial charge in [-0.1, -0.05) is 83.3 Å². The second-order valence-corrected chi connectivity index (χ2v) is 12.6. The second kappa shape index (κ2) is 19.1. The van der Waals surface area contributed by atoms with Crippen molar-refractivity contribution >= 4 is 40.8 Å². The monoisotopic (exact) mass is 632 g/mol. The molecule has 0 aliphatic rings. The number of hydrogen-bond donors (Lipinski definition) is 1. The van der Waals surface area contributed by atoms with Crippen LogP contribution in [0.25, 0.3) is 23.1 Å². The van der Waals surface area contributed by atoms with E-state index < -0.39 is 11.8 Å². The Hall–Kier alpha value is -3.49. The van der Waals surface area contributed by atoms with Gasteiger partial charge in [0.05, 0.1) is 53.9 Å². The average Bonchev–Trinajstić information content (AvgIpc) is 3.47. The van der Waals surface area contributed by atoms with Crippen molar-refractivity contribution in [3.63, 3.8) is 0 Å². The number of fused-ring (bicyclic) bond motifs is 1. The van der Waals surface area contributed by atoms with Crippen LogP contribution >= 0.6 is 11.8 Å². The Bertz CT molecular complexity index is 1450. The van der Waals surface area contributed by atoms with Crippen LogP contribution < -0.4 is 5.11 Å². The molecule has 2 heterocycles. The number of halogens is 1. The first-order chi connectivity index (χ1) is 21.9. The van der Waals surface area contributed by atoms with E-state index in [0.29, 0.717) is 4.90 Å². The van der Waals surface area contributed by atoms with Crippen molar-refractivity contribution in [2.75, 3.05) is 26.2 Å². The molecule has 8 heteroatoms. The van der Waals surface area contributed by atoms with Crippen LogP contribution in [0.15, 0.2) is 70.6 Å². The van der Waals surface area contributed by atoms with Gasteiger partial charge < -0.3 is 14.4 Å². The summed E-state index contributed by atoms with van der Waals surface area (Å²) >= 11 is 1.03. The van der Waals surface area contributed by atoms with E-state index in [-0.39, 0.29) is 10.5 Å². The van der Waals surface area contributed by atoms with Crippen molar-refractivity contribution in [1.29, 1.82) is 0 Å². The fraction of sp³-hybridized carbons (Fsp3) is 0.432. The Labute approximate surface area is 272 Å². The molecule has 0 saturated heterocycles. The molecule has 0 unspecified atom stereocenters. The number of pyridine rings is 1. The van der Waals surface area contributed by atoms with Gasteiger partial charge in [-0.3, -0.25) is 10.1 Å². The first-order valence-corrected chi connectivity index (χ1v) is 17.3. The fourth-order valence-electron chi connectivity index (χ4n) is 5.39. The lowest BCUT2D eigenvalue weighted by molar-refractivity contribution is -0.929. The molecule has 242 valence electrons. The Balaban J connectivity index is 0.000000281. The number of aromatic amines is 1. The highest BCUT2D eigenvalue weighted by molar-refractivity contribution is 7.99. The maximum absolute atomic E-state index is 14.1. The summed E-state index contributed by atoms with van der Waals surface area (Å²) in [7, 11) is 0. The van der Waals surface area contributed by atoms with Gasteiger partial charge in [-0.05, 0) is 74.2 Å². The van der Waals surface area contributed by atoms with Gasteiger partial charge in [-0.15, -0.1) is 0 Å². The molecule has 1 N–H and O–H groups in total. The minimum atomic E-state index is -1.41. The van der Waals surface area contributed by atoms with E-state index in [2.05, 4.69) is 42.9 Å². The predicted octanol–water partition coefficient (Wildman–Crippen LogP) is 8.79. The highest BCUT2D eigenvalue weighted by Gasteiger charge is 2.24. The zero-order chi connectivity index (χ0) is 32.5. The first kappa shape index (κ1) is 36.0. The third-order valence-electron chi connectivity index (χ3n) is 8.01. The van der Waals surface area contributed by atoms with Crippen LogP contribution in [-0.4, -0.2) is 51.8 Å². The SMILES string of the molecule is CCCC[N+](CCCC)(CCCC)CCCC.O=C([O-])c1cccc(F)c1Sc1ccc2c(/C=C/c3ccccn3)n[nH]c2c1. The van der Waals surface area contributed by atoms with Gasteiger partial charge in [-0.2, -0.15) is 5.10 Å². The Morgan fingerprint density at radius 1 is 0.867 bits per heavy atom. The number of carbonyl (C=O) groups is 1. The number of aromatic nitrogens is 3. The van der Waals surface area contributed by atoms with Crippen molar-refractivity contribution in [2.24, 2.45) is 0 Å². The number of quaternary nitrogens is 1. The first-order valence-electron chi connectivity index (χ1n) is 16.5. The topological polar surface area (TPSA) is 81.7 Å². The molecule has 0 aliphatic carbocycles. The molecule has 0 amide bonds. The number of H-pyrrole nitrogens is 1. The molecule has 0 aliphatic heterocycles. The molecule has 45 heavy (non-hydrogen) atoms. The number of nitrogens with zero attached hydrogens (tertiary/aromatic N) is 3. The maximum atomic E-state index is 14.1. The zero-order valence-electron chi connectivity index (χ0n) is 27.4. The lowest BCUT2D eigenvalue weighted by Crippen LogP contribution is -2.50. The third-order valence-corrected chi connectivity index (χ3v) is 9.12. The van der Waals surface area contributed by atoms with E-state index in [1.54, 1.807) is 18.3 Å². The third kappa shape index (κ3) is 11.1. The van der Waals surface area contributed by atoms with Crippen molar-refractivity contribution < 1.29 is 18.8 Å². The molecule has 0 bridgehead atoms. The quantitative estimate of drug-likeness (QED) is 0.118. The van der Waals surface area contributed by atoms with Crippen molar-refractivity contribution in [1.82, 2.24) is 15.2 Å². The van der Waals surface area contributed by atoms with E-state index in [9.17, 15) is 14.3 Å². The van der Waals surface area contributed by atoms with Crippen molar-refractivity contribution in [2.45, 2.75) is 88.9 Å². The van der Waals surface area contributed by atoms with Crippen molar-refractivity contribution in [3.8, 4) is 0 Å². The molecule has 6 nitrogen and oxygen atoms in total. The summed E-state index contributed by atoms with van der Waals surface area (Å²) in [5.74, 6) is -2.01. The Morgan fingerprint density at radius 3 is 2.07 bits per heavy atom. The van der Waals surface area contributed by atoms with E-state index >= 15 is 0 Å². The molecular formula is C37H49FN4O2S. The number of carbonyl (C=O) groups excluding carboxylic acids is 1. The van der Waals surface area contributed by atoms with Gasteiger partial charge in [0.15, 0.2) is 0 Å². The Kier molecular flexibility index (Phi) is 15.3. The number of carboxylic acids is 1. The van der Waals surface area contributed by atoms with Crippen LogP contribution in [0.5, 0.6) is 0 Å². The molecule has 0 saturated carbocycles. The minimum Gasteiger partial charge on any atom is -0.545 e. The number of aromatic carboxylic acids is 1. The summed E-state index contributed by atoms with van der Waals surface area (Å²) in [6.45, 7) is 15.0. The van der Waals surface area contributed by atoms with Crippen LogP contribution in [0.3, 0.4) is 0 Å². The number of nitrogens with one attached hydrogen (secondary N) is 1. The van der Waals surface area contributed by atoms with E-state index in [4.69, 9.17) is 0 Å². The number of benzene rings is 2. The van der Waals surface area contributed by atoms with E-state index in [0.717, 1.165) is 34.1 Å². The molecule has 2 aromatic carbocycles. The van der Waals surface area contributed by atoms with Gasteiger partial charge in [0.1, 0.15) is 5.82 Å². The van der Waals surface area contributed by atoms with Crippen LogP contribution in [-0.2, 0) is 0 Å². The number of rotatable bonds is 17. The van der Waals surface area contributed by atoms with Gasteiger partial charge in [-0.25, -0.2) is 4.39 Å². The van der Waals surface area contributed by atoms with Crippen molar-refractivity contribution in [3.05, 3.63) is 83.6 Å². The van der Waals surface area contributed by atoms with Crippen LogP contribution in [0.1, 0.15) is 101 Å². The summed E-state index contributed by atoms with van der Waals surface area (Å²) in [5.41, 5.74) is 2.16. The lowest BCUT2D eigenvalue weighted by Gasteiger charge is -2.39. The van der Waals surface area contributed by atoms with Gasteiger partial charge in [0.2, 0.25) is 0 Å². The summed E-state index contributed by atoms with van der Waals surface area (Å²) in [5, 5.41) is 19.4. The summed E-state index contributed by atoms with van der Waals surface area (Å²) in [4.78, 5) is 16.2. The predicted molar refractivity (Wildman–Crippen MR) is 183 cm³/mol. The number of hydrogen-bond acceptors (Lipinski definition) is 5. The highest BCUT2D eigenvalue weighted by atomic mass is 32.2. The van der Waals surface area contributed by atoms with Crippen LogP contribution in [0.4, 0.5) is 4.39 Å². The highest BCUT2D eigenvalue weighted by Crippen LogP contribution is 2.34. The second-order valence-electron chi connectivity index (χ2n) is 11.6. The lowest BCUT2D eigenvalue weighted by atomic mass is 10.1. The molecule has 0 radical (unpaired) electrons. The minimum absolute atomic E-state index is 0.0247. The molecular weight excluding hydrogens is 583 g/mol. The van der Waals surface area contributed by atoms with Gasteiger partial charge >= 0.3 is 0 Å². The fourth-order valence-corrected chi connectivity index (χ4v) is 6.36. The molecule has 0 atom stereocenters. The van der Waals surface area contributed by atoms with Crippen LogP contribution in [0.2, 0.25) is 0 Å². The average molecular weight is 633 g/mol. The standard InChI is InChI=1S/C21H14FN3O2S.C16H36N/c22-17-6-3-5-16(21(26)27)20(17)28-14-8-9-15-18(24-25-19(15)12-14)10-7-13-4-1-2-11-23-13;1-5-9-13-17(14-10-6-2,15-11-7-3)16-12-8-4/h1-12H,(H,24,25)(H,26,27);5-16H2,1-4H3/q;+1/p-1/b10-7+;. The molecule has 2 aromatic heterocycles. The number of carboxylic acid groups (broad SMARTS) is 1. The smallest absolute Gasteiger partial charge is 0.137 e. The largest absolute Gasteiger partial charge is 0.545 e. The molecule has 4 aromatic rings. The maximum Gasteiger partial charge on any atom is 0.137 e. The summed E-state index contributed by atoms with van der Waals surface area (Å²) < 4.78 is 15.5. The Morgan fingerprint density at radius 2 is 1.51 bits per heavy atom. The molecule has 4 rings (SSSR count). The summed E-state index contributed by atoms with van der Waals surface area (Å²) in [6, 6.07) is 15.0.